The van der Waals surface area contributed by atoms with E-state index in [2.05, 4.69) is 5.32 Å². The molecule has 8 heteroatoms. The number of rotatable bonds is 6. The molecule has 0 bridgehead atoms. The van der Waals surface area contributed by atoms with Gasteiger partial charge in [0.1, 0.15) is 0 Å². The zero-order chi connectivity index (χ0) is 15.4. The number of hydrogen-bond acceptors (Lipinski definition) is 5. The Morgan fingerprint density at radius 2 is 2.29 bits per heavy atom. The highest BCUT2D eigenvalue weighted by atomic mass is 35.5. The average Bonchev–Trinajstić information content (AvgIpc) is 2.85. The first kappa shape index (κ1) is 15.5. The van der Waals surface area contributed by atoms with Crippen LogP contribution in [0.3, 0.4) is 0 Å². The molecular formula is C13H16ClN3O4. The number of amides is 1. The van der Waals surface area contributed by atoms with Crippen LogP contribution in [0.5, 0.6) is 0 Å². The maximum atomic E-state index is 12.1. The second-order valence-corrected chi connectivity index (χ2v) is 5.15. The first-order valence-corrected chi connectivity index (χ1v) is 7.09. The lowest BCUT2D eigenvalue weighted by molar-refractivity contribution is -0.384. The molecule has 2 N–H and O–H groups in total. The summed E-state index contributed by atoms with van der Waals surface area (Å²) in [6, 6.07) is 4.28. The molecule has 0 aliphatic carbocycles. The topological polar surface area (TPSA) is 95.7 Å². The van der Waals surface area contributed by atoms with Crippen LogP contribution in [0.1, 0.15) is 6.42 Å². The Kier molecular flexibility index (Phi) is 4.98. The predicted molar refractivity (Wildman–Crippen MR) is 79.9 cm³/mol. The number of carbonyl (C=O) groups is 1. The molecule has 1 amide bonds. The normalized spacial score (nSPS) is 18.1. The van der Waals surface area contributed by atoms with Crippen LogP contribution in [0.2, 0.25) is 0 Å². The lowest BCUT2D eigenvalue weighted by Crippen LogP contribution is -2.26. The molecule has 21 heavy (non-hydrogen) atoms. The summed E-state index contributed by atoms with van der Waals surface area (Å²) in [7, 11) is 0. The molecule has 0 saturated carbocycles. The van der Waals surface area contributed by atoms with Crippen molar-refractivity contribution in [1.29, 1.82) is 0 Å². The van der Waals surface area contributed by atoms with Gasteiger partial charge in [0.25, 0.3) is 5.69 Å². The molecule has 0 aromatic heterocycles. The minimum absolute atomic E-state index is 0.0455. The smallest absolute Gasteiger partial charge is 0.271 e. The van der Waals surface area contributed by atoms with Gasteiger partial charge in [-0.15, -0.1) is 11.6 Å². The van der Waals surface area contributed by atoms with Crippen LogP contribution in [0.15, 0.2) is 18.2 Å². The number of alkyl halides is 1. The van der Waals surface area contributed by atoms with Gasteiger partial charge >= 0.3 is 0 Å². The Balaban J connectivity index is 2.36. The molecule has 1 aliphatic heterocycles. The van der Waals surface area contributed by atoms with Gasteiger partial charge in [-0.3, -0.25) is 14.9 Å². The lowest BCUT2D eigenvalue weighted by Gasteiger charge is -2.20. The van der Waals surface area contributed by atoms with E-state index in [1.54, 1.807) is 6.07 Å². The van der Waals surface area contributed by atoms with E-state index >= 15 is 0 Å². The van der Waals surface area contributed by atoms with Crippen LogP contribution in [-0.4, -0.2) is 41.5 Å². The van der Waals surface area contributed by atoms with E-state index in [0.29, 0.717) is 36.8 Å². The highest BCUT2D eigenvalue weighted by Gasteiger charge is 2.32. The summed E-state index contributed by atoms with van der Waals surface area (Å²) in [5.74, 6) is 0.314. The third kappa shape index (κ3) is 3.43. The van der Waals surface area contributed by atoms with E-state index in [0.717, 1.165) is 0 Å². The van der Waals surface area contributed by atoms with Crippen LogP contribution in [0, 0.1) is 16.0 Å². The molecule has 1 saturated heterocycles. The van der Waals surface area contributed by atoms with E-state index in [9.17, 15) is 14.9 Å². The molecule has 1 unspecified atom stereocenters. The summed E-state index contributed by atoms with van der Waals surface area (Å²) in [4.78, 5) is 24.0. The van der Waals surface area contributed by atoms with Gasteiger partial charge in [0.2, 0.25) is 5.91 Å². The fourth-order valence-electron chi connectivity index (χ4n) is 2.31. The highest BCUT2D eigenvalue weighted by Crippen LogP contribution is 2.34. The van der Waals surface area contributed by atoms with Gasteiger partial charge in [-0.1, -0.05) is 0 Å². The first-order chi connectivity index (χ1) is 10.1. The Morgan fingerprint density at radius 1 is 1.52 bits per heavy atom. The number of benzene rings is 1. The molecule has 2 rings (SSSR count). The van der Waals surface area contributed by atoms with Gasteiger partial charge in [-0.2, -0.15) is 0 Å². The Labute approximate surface area is 126 Å². The van der Waals surface area contributed by atoms with E-state index < -0.39 is 4.92 Å². The average molecular weight is 314 g/mol. The summed E-state index contributed by atoms with van der Waals surface area (Å²) < 4.78 is 0. The number of aliphatic hydroxyl groups is 1. The van der Waals surface area contributed by atoms with Gasteiger partial charge in [0.05, 0.1) is 22.9 Å². The van der Waals surface area contributed by atoms with E-state index in [1.165, 1.54) is 17.0 Å². The molecule has 1 aromatic carbocycles. The van der Waals surface area contributed by atoms with Crippen molar-refractivity contribution in [3.63, 3.8) is 0 Å². The van der Waals surface area contributed by atoms with Crippen molar-refractivity contribution < 1.29 is 14.8 Å². The van der Waals surface area contributed by atoms with Crippen molar-refractivity contribution in [3.8, 4) is 0 Å². The van der Waals surface area contributed by atoms with Crippen molar-refractivity contribution in [3.05, 3.63) is 28.3 Å². The monoisotopic (exact) mass is 313 g/mol. The SMILES string of the molecule is O=C1CC(CCl)CN1c1cc([N+](=O)[O-])ccc1NCCO. The first-order valence-electron chi connectivity index (χ1n) is 6.56. The molecule has 1 aliphatic rings. The Bertz CT molecular complexity index is 552. The molecule has 1 atom stereocenters. The van der Waals surface area contributed by atoms with Crippen molar-refractivity contribution in [2.45, 2.75) is 6.42 Å². The number of hydrogen-bond donors (Lipinski definition) is 2. The number of carbonyl (C=O) groups excluding carboxylic acids is 1. The minimum Gasteiger partial charge on any atom is -0.395 e. The Morgan fingerprint density at radius 3 is 2.86 bits per heavy atom. The fourth-order valence-corrected chi connectivity index (χ4v) is 2.52. The van der Waals surface area contributed by atoms with E-state index in [-0.39, 0.29) is 24.1 Å². The van der Waals surface area contributed by atoms with Gasteiger partial charge in [0.15, 0.2) is 0 Å². The van der Waals surface area contributed by atoms with Crippen molar-refractivity contribution in [2.75, 3.05) is 35.8 Å². The number of non-ortho nitro benzene ring substituents is 1. The quantitative estimate of drug-likeness (QED) is 0.472. The largest absolute Gasteiger partial charge is 0.395 e. The minimum atomic E-state index is -0.501. The van der Waals surface area contributed by atoms with E-state index in [4.69, 9.17) is 16.7 Å². The van der Waals surface area contributed by atoms with Crippen LogP contribution in [0.4, 0.5) is 17.1 Å². The molecular weight excluding hydrogens is 298 g/mol. The summed E-state index contributed by atoms with van der Waals surface area (Å²) in [6.07, 6.45) is 0.339. The zero-order valence-electron chi connectivity index (χ0n) is 11.3. The van der Waals surface area contributed by atoms with Gasteiger partial charge in [-0.05, 0) is 12.0 Å². The van der Waals surface area contributed by atoms with Crippen LogP contribution >= 0.6 is 11.6 Å². The molecule has 1 heterocycles. The van der Waals surface area contributed by atoms with Crippen LogP contribution in [-0.2, 0) is 4.79 Å². The summed E-state index contributed by atoms with van der Waals surface area (Å²) in [5, 5.41) is 22.8. The summed E-state index contributed by atoms with van der Waals surface area (Å²) >= 11 is 5.80. The summed E-state index contributed by atoms with van der Waals surface area (Å²) in [5.41, 5.74) is 0.954. The molecule has 1 aromatic rings. The maximum Gasteiger partial charge on any atom is 0.271 e. The number of nitro benzene ring substituents is 1. The second-order valence-electron chi connectivity index (χ2n) is 4.84. The number of nitro groups is 1. The molecule has 7 nitrogen and oxygen atoms in total. The van der Waals surface area contributed by atoms with Crippen LogP contribution in [0.25, 0.3) is 0 Å². The number of anilines is 2. The van der Waals surface area contributed by atoms with Crippen molar-refractivity contribution in [2.24, 2.45) is 5.92 Å². The Hall–Kier alpha value is -1.86. The fraction of sp³-hybridized carbons (Fsp3) is 0.462. The number of nitrogens with zero attached hydrogens (tertiary/aromatic N) is 2. The van der Waals surface area contributed by atoms with Gasteiger partial charge in [0, 0.05) is 37.5 Å². The number of nitrogens with one attached hydrogen (secondary N) is 1. The molecule has 0 radical (unpaired) electrons. The molecule has 114 valence electrons. The van der Waals surface area contributed by atoms with E-state index in [1.807, 2.05) is 0 Å². The van der Waals surface area contributed by atoms with Crippen molar-refractivity contribution in [1.82, 2.24) is 0 Å². The van der Waals surface area contributed by atoms with Gasteiger partial charge in [-0.25, -0.2) is 0 Å². The predicted octanol–water partition coefficient (Wildman–Crippen LogP) is 1.59. The van der Waals surface area contributed by atoms with Crippen molar-refractivity contribution >= 4 is 34.6 Å². The maximum absolute atomic E-state index is 12.1. The highest BCUT2D eigenvalue weighted by molar-refractivity contribution is 6.18. The number of aliphatic hydroxyl groups excluding tert-OH is 1. The standard InChI is InChI=1S/C13H16ClN3O4/c14-7-9-5-13(19)16(8-9)12-6-10(17(20)21)1-2-11(12)15-3-4-18/h1-2,6,9,15,18H,3-5,7-8H2. The molecule has 0 spiro atoms. The van der Waals surface area contributed by atoms with Gasteiger partial charge < -0.3 is 15.3 Å². The summed E-state index contributed by atoms with van der Waals surface area (Å²) in [6.45, 7) is 0.664. The zero-order valence-corrected chi connectivity index (χ0v) is 12.0. The molecule has 1 fully saturated rings. The third-order valence-corrected chi connectivity index (χ3v) is 3.77. The third-order valence-electron chi connectivity index (χ3n) is 3.33. The number of halogens is 1. The van der Waals surface area contributed by atoms with Crippen LogP contribution < -0.4 is 10.2 Å². The second kappa shape index (κ2) is 6.73. The lowest BCUT2D eigenvalue weighted by atomic mass is 10.1.